The van der Waals surface area contributed by atoms with Crippen LogP contribution in [0.3, 0.4) is 0 Å². The second-order valence-electron chi connectivity index (χ2n) is 6.88. The van der Waals surface area contributed by atoms with E-state index >= 15 is 0 Å². The molecule has 7 heteroatoms. The molecule has 4 rings (SSSR count). The number of pyridine rings is 1. The predicted molar refractivity (Wildman–Crippen MR) is 114 cm³/mol. The number of alkyl halides is 1. The maximum atomic E-state index is 13.0. The van der Waals surface area contributed by atoms with Crippen LogP contribution in [0.2, 0.25) is 0 Å². The Hall–Kier alpha value is -3.16. The Morgan fingerprint density at radius 2 is 1.53 bits per heavy atom. The first-order valence-corrected chi connectivity index (χ1v) is 9.84. The molecule has 0 aliphatic rings. The maximum Gasteiger partial charge on any atom is 0.257 e. The topological polar surface area (TPSA) is 65.1 Å². The summed E-state index contributed by atoms with van der Waals surface area (Å²) in [6, 6.07) is 18.1. The number of aromatic nitrogens is 2. The van der Waals surface area contributed by atoms with Gasteiger partial charge in [0.25, 0.3) is 5.56 Å². The van der Waals surface area contributed by atoms with Crippen molar-refractivity contribution >= 4 is 16.7 Å². The summed E-state index contributed by atoms with van der Waals surface area (Å²) in [6.45, 7) is 1.31. The number of rotatable bonds is 9. The van der Waals surface area contributed by atoms with E-state index in [1.54, 1.807) is 34.7 Å². The Kier molecular flexibility index (Phi) is 6.11. The lowest BCUT2D eigenvalue weighted by atomic mass is 10.1. The minimum absolute atomic E-state index is 0.0825. The van der Waals surface area contributed by atoms with Gasteiger partial charge in [0.2, 0.25) is 0 Å². The van der Waals surface area contributed by atoms with Crippen LogP contribution in [-0.4, -0.2) is 47.2 Å². The molecule has 156 valence electrons. The predicted octanol–water partition coefficient (Wildman–Crippen LogP) is 3.63. The molecule has 1 N–H and O–H groups in total. The standard InChI is InChI=1S/C23H23FN2O4/c24-9-11-29-13-14-30-12-10-25-20-3-1-2-4-21(20)26-22(25)15-18(16-23(26)28)17-5-7-19(27)8-6-17/h1-8,15-16,27H,9-14H2. The number of hydrogen-bond donors (Lipinski definition) is 1. The van der Waals surface area contributed by atoms with Crippen molar-refractivity contribution in [1.29, 1.82) is 0 Å². The summed E-state index contributed by atoms with van der Waals surface area (Å²) >= 11 is 0. The molecule has 0 aliphatic carbocycles. The van der Waals surface area contributed by atoms with Crippen molar-refractivity contribution in [3.8, 4) is 16.9 Å². The number of aromatic hydroxyl groups is 1. The molecule has 0 spiro atoms. The van der Waals surface area contributed by atoms with E-state index in [9.17, 15) is 14.3 Å². The fourth-order valence-electron chi connectivity index (χ4n) is 3.59. The van der Waals surface area contributed by atoms with E-state index in [-0.39, 0.29) is 17.9 Å². The van der Waals surface area contributed by atoms with Gasteiger partial charge in [-0.25, -0.2) is 4.39 Å². The van der Waals surface area contributed by atoms with Gasteiger partial charge in [0.15, 0.2) is 0 Å². The van der Waals surface area contributed by atoms with Gasteiger partial charge in [0, 0.05) is 12.6 Å². The highest BCUT2D eigenvalue weighted by atomic mass is 19.1. The van der Waals surface area contributed by atoms with Crippen molar-refractivity contribution in [3.63, 3.8) is 0 Å². The van der Waals surface area contributed by atoms with Crippen molar-refractivity contribution in [2.75, 3.05) is 33.1 Å². The van der Waals surface area contributed by atoms with Crippen LogP contribution in [0.15, 0.2) is 65.5 Å². The summed E-state index contributed by atoms with van der Waals surface area (Å²) in [5, 5.41) is 9.55. The van der Waals surface area contributed by atoms with Gasteiger partial charge >= 0.3 is 0 Å². The smallest absolute Gasteiger partial charge is 0.257 e. The Balaban J connectivity index is 1.68. The molecule has 4 aromatic rings. The largest absolute Gasteiger partial charge is 0.508 e. The van der Waals surface area contributed by atoms with Crippen LogP contribution in [-0.2, 0) is 16.0 Å². The normalized spacial score (nSPS) is 11.5. The molecule has 0 unspecified atom stereocenters. The molecule has 0 fully saturated rings. The van der Waals surface area contributed by atoms with Crippen LogP contribution in [0, 0.1) is 0 Å². The van der Waals surface area contributed by atoms with Crippen LogP contribution in [0.4, 0.5) is 4.39 Å². The van der Waals surface area contributed by atoms with Crippen LogP contribution in [0.1, 0.15) is 0 Å². The van der Waals surface area contributed by atoms with Gasteiger partial charge in [0.1, 0.15) is 18.1 Å². The molecule has 30 heavy (non-hydrogen) atoms. The van der Waals surface area contributed by atoms with E-state index in [4.69, 9.17) is 9.47 Å². The summed E-state index contributed by atoms with van der Waals surface area (Å²) in [6.07, 6.45) is 0. The molecule has 2 heterocycles. The molecule has 2 aromatic carbocycles. The summed E-state index contributed by atoms with van der Waals surface area (Å²) in [5.74, 6) is 0.179. The fourth-order valence-corrected chi connectivity index (χ4v) is 3.59. The average Bonchev–Trinajstić information content (AvgIpc) is 3.08. The number of hydrogen-bond acceptors (Lipinski definition) is 4. The van der Waals surface area contributed by atoms with Crippen molar-refractivity contribution in [3.05, 3.63) is 71.0 Å². The zero-order valence-electron chi connectivity index (χ0n) is 16.5. The Morgan fingerprint density at radius 3 is 2.27 bits per heavy atom. The Labute approximate surface area is 172 Å². The first-order valence-electron chi connectivity index (χ1n) is 9.84. The number of nitrogens with zero attached hydrogens (tertiary/aromatic N) is 2. The van der Waals surface area contributed by atoms with Gasteiger partial charge in [-0.15, -0.1) is 0 Å². The third-order valence-electron chi connectivity index (χ3n) is 4.96. The number of ether oxygens (including phenoxy) is 2. The Bertz CT molecular complexity index is 1200. The van der Waals surface area contributed by atoms with Gasteiger partial charge in [-0.2, -0.15) is 0 Å². The van der Waals surface area contributed by atoms with E-state index in [0.29, 0.717) is 26.4 Å². The van der Waals surface area contributed by atoms with Crippen molar-refractivity contribution in [2.45, 2.75) is 6.54 Å². The van der Waals surface area contributed by atoms with Gasteiger partial charge in [-0.05, 0) is 41.5 Å². The molecule has 6 nitrogen and oxygen atoms in total. The zero-order chi connectivity index (χ0) is 20.9. The van der Waals surface area contributed by atoms with E-state index in [1.165, 1.54) is 0 Å². The first kappa shape index (κ1) is 20.1. The minimum atomic E-state index is -0.501. The summed E-state index contributed by atoms with van der Waals surface area (Å²) in [7, 11) is 0. The summed E-state index contributed by atoms with van der Waals surface area (Å²) in [5.41, 5.74) is 4.06. The third-order valence-corrected chi connectivity index (χ3v) is 4.96. The summed E-state index contributed by atoms with van der Waals surface area (Å²) < 4.78 is 26.5. The molecule has 0 saturated carbocycles. The minimum Gasteiger partial charge on any atom is -0.508 e. The van der Waals surface area contributed by atoms with Crippen LogP contribution in [0.25, 0.3) is 27.8 Å². The van der Waals surface area contributed by atoms with E-state index in [0.717, 1.165) is 27.8 Å². The van der Waals surface area contributed by atoms with E-state index < -0.39 is 6.67 Å². The van der Waals surface area contributed by atoms with Crippen molar-refractivity contribution < 1.29 is 19.0 Å². The van der Waals surface area contributed by atoms with Crippen LogP contribution < -0.4 is 5.56 Å². The van der Waals surface area contributed by atoms with Gasteiger partial charge in [0.05, 0.1) is 37.5 Å². The molecule has 0 radical (unpaired) electrons. The van der Waals surface area contributed by atoms with Crippen molar-refractivity contribution in [2.24, 2.45) is 0 Å². The highest BCUT2D eigenvalue weighted by Gasteiger charge is 2.13. The molecular formula is C23H23FN2O4. The monoisotopic (exact) mass is 410 g/mol. The third kappa shape index (κ3) is 4.08. The maximum absolute atomic E-state index is 13.0. The molecule has 0 saturated heterocycles. The number of phenolic OH excluding ortho intramolecular Hbond substituents is 1. The number of phenols is 1. The van der Waals surface area contributed by atoms with E-state index in [2.05, 4.69) is 4.57 Å². The average molecular weight is 410 g/mol. The highest BCUT2D eigenvalue weighted by Crippen LogP contribution is 2.25. The molecular weight excluding hydrogens is 387 g/mol. The second kappa shape index (κ2) is 9.11. The lowest BCUT2D eigenvalue weighted by Gasteiger charge is -2.09. The molecule has 0 bridgehead atoms. The zero-order valence-corrected chi connectivity index (χ0v) is 16.5. The number of benzene rings is 2. The Morgan fingerprint density at radius 1 is 0.833 bits per heavy atom. The van der Waals surface area contributed by atoms with Gasteiger partial charge in [-0.3, -0.25) is 9.20 Å². The lowest BCUT2D eigenvalue weighted by molar-refractivity contribution is 0.0406. The summed E-state index contributed by atoms with van der Waals surface area (Å²) in [4.78, 5) is 13.0. The van der Waals surface area contributed by atoms with Gasteiger partial charge in [-0.1, -0.05) is 24.3 Å². The molecule has 0 amide bonds. The number of para-hydroxylation sites is 2. The first-order chi connectivity index (χ1) is 14.7. The molecule has 0 atom stereocenters. The second-order valence-corrected chi connectivity index (χ2v) is 6.88. The van der Waals surface area contributed by atoms with Crippen LogP contribution >= 0.6 is 0 Å². The van der Waals surface area contributed by atoms with Crippen LogP contribution in [0.5, 0.6) is 5.75 Å². The number of imidazole rings is 1. The molecule has 0 aliphatic heterocycles. The molecule has 2 aromatic heterocycles. The SMILES string of the molecule is O=c1cc(-c2ccc(O)cc2)cc2n(CCOCCOCCF)c3ccccc3n12. The highest BCUT2D eigenvalue weighted by molar-refractivity contribution is 5.83. The number of halogens is 1. The lowest BCUT2D eigenvalue weighted by Crippen LogP contribution is -2.14. The van der Waals surface area contributed by atoms with Crippen molar-refractivity contribution in [1.82, 2.24) is 8.97 Å². The van der Waals surface area contributed by atoms with Gasteiger partial charge < -0.3 is 19.1 Å². The fraction of sp³-hybridized carbons (Fsp3) is 0.261. The van der Waals surface area contributed by atoms with E-state index in [1.807, 2.05) is 30.3 Å². The quantitative estimate of drug-likeness (QED) is 0.428. The number of fused-ring (bicyclic) bond motifs is 3.